The minimum atomic E-state index is -0.226. The van der Waals surface area contributed by atoms with Crippen molar-refractivity contribution in [2.45, 2.75) is 85.2 Å². The third-order valence-corrected chi connectivity index (χ3v) is 6.76. The molecule has 146 valence electrons. The Bertz CT molecular complexity index is 632. The number of ether oxygens (including phenoxy) is 1. The monoisotopic (exact) mass is 396 g/mol. The van der Waals surface area contributed by atoms with Crippen LogP contribution in [-0.2, 0) is 17.6 Å². The Balaban J connectivity index is 2.33. The maximum absolute atomic E-state index is 12.6. The maximum Gasteiger partial charge on any atom is 0.341 e. The van der Waals surface area contributed by atoms with Crippen LogP contribution in [0.5, 0.6) is 0 Å². The lowest BCUT2D eigenvalue weighted by Gasteiger charge is -2.36. The van der Waals surface area contributed by atoms with Gasteiger partial charge in [-0.25, -0.2) is 4.79 Å². The molecule has 1 aromatic rings. The van der Waals surface area contributed by atoms with E-state index in [-0.39, 0.29) is 5.97 Å². The molecule has 2 unspecified atom stereocenters. The molecule has 0 aliphatic heterocycles. The summed E-state index contributed by atoms with van der Waals surface area (Å²) < 4.78 is 5.34. The highest BCUT2D eigenvalue weighted by molar-refractivity contribution is 7.80. The van der Waals surface area contributed by atoms with Crippen molar-refractivity contribution < 1.29 is 9.53 Å². The van der Waals surface area contributed by atoms with E-state index in [1.807, 2.05) is 6.92 Å². The Morgan fingerprint density at radius 1 is 1.19 bits per heavy atom. The first-order valence-corrected chi connectivity index (χ1v) is 11.1. The maximum atomic E-state index is 12.6. The summed E-state index contributed by atoms with van der Waals surface area (Å²) in [7, 11) is 0. The van der Waals surface area contributed by atoms with Gasteiger partial charge in [-0.3, -0.25) is 0 Å². The van der Waals surface area contributed by atoms with Gasteiger partial charge < -0.3 is 15.0 Å². The van der Waals surface area contributed by atoms with Crippen LogP contribution in [0, 0.1) is 0 Å². The molecule has 1 N–H and O–H groups in total. The number of aryl methyl sites for hydroxylation is 1. The molecular formula is C20H32N2O2S2. The summed E-state index contributed by atoms with van der Waals surface area (Å²) in [5, 5.41) is 4.98. The van der Waals surface area contributed by atoms with Crippen LogP contribution in [0.25, 0.3) is 0 Å². The number of fused-ring (bicyclic) bond motifs is 1. The Morgan fingerprint density at radius 2 is 1.81 bits per heavy atom. The fraction of sp³-hybridized carbons (Fsp3) is 0.700. The SMILES string of the molecule is CCOC(=O)c1c(NC(=S)N(C(C)CC)C(C)CC)sc2c1CCCC2. The molecule has 1 heterocycles. The lowest BCUT2D eigenvalue weighted by molar-refractivity contribution is 0.0526. The molecule has 0 bridgehead atoms. The number of thiophene rings is 1. The molecule has 0 radical (unpaired) electrons. The van der Waals surface area contributed by atoms with Gasteiger partial charge in [0.2, 0.25) is 0 Å². The smallest absolute Gasteiger partial charge is 0.341 e. The van der Waals surface area contributed by atoms with E-state index in [1.54, 1.807) is 11.3 Å². The first kappa shape index (κ1) is 21.2. The summed E-state index contributed by atoms with van der Waals surface area (Å²) in [6.45, 7) is 11.0. The highest BCUT2D eigenvalue weighted by Crippen LogP contribution is 2.39. The Kier molecular flexibility index (Phi) is 7.89. The van der Waals surface area contributed by atoms with Crippen LogP contribution in [0.2, 0.25) is 0 Å². The van der Waals surface area contributed by atoms with Crippen molar-refractivity contribution in [3.05, 3.63) is 16.0 Å². The molecule has 0 amide bonds. The largest absolute Gasteiger partial charge is 0.462 e. The number of nitrogens with one attached hydrogen (secondary N) is 1. The van der Waals surface area contributed by atoms with Crippen LogP contribution < -0.4 is 5.32 Å². The van der Waals surface area contributed by atoms with Crippen LogP contribution in [0.1, 0.15) is 81.1 Å². The first-order valence-electron chi connectivity index (χ1n) is 9.85. The van der Waals surface area contributed by atoms with Gasteiger partial charge in [-0.2, -0.15) is 0 Å². The third-order valence-electron chi connectivity index (χ3n) is 5.24. The molecular weight excluding hydrogens is 364 g/mol. The third kappa shape index (κ3) is 4.58. The molecule has 6 heteroatoms. The Hall–Kier alpha value is -1.14. The van der Waals surface area contributed by atoms with Crippen molar-refractivity contribution in [2.75, 3.05) is 11.9 Å². The van der Waals surface area contributed by atoms with Gasteiger partial charge in [-0.1, -0.05) is 13.8 Å². The Morgan fingerprint density at radius 3 is 2.38 bits per heavy atom. The molecule has 2 rings (SSSR count). The minimum Gasteiger partial charge on any atom is -0.462 e. The summed E-state index contributed by atoms with van der Waals surface area (Å²) in [4.78, 5) is 16.2. The average Bonchev–Trinajstić information content (AvgIpc) is 2.99. The minimum absolute atomic E-state index is 0.226. The van der Waals surface area contributed by atoms with Crippen molar-refractivity contribution in [1.82, 2.24) is 4.90 Å². The highest BCUT2D eigenvalue weighted by Gasteiger charge is 2.28. The summed E-state index contributed by atoms with van der Waals surface area (Å²) in [5.41, 5.74) is 1.88. The number of esters is 1. The molecule has 4 nitrogen and oxygen atoms in total. The standard InChI is InChI=1S/C20H32N2O2S2/c1-6-13(4)22(14(5)7-2)20(25)21-18-17(19(23)24-8-3)15-11-9-10-12-16(15)26-18/h13-14H,6-12H2,1-5H3,(H,21,25). The van der Waals surface area contributed by atoms with Gasteiger partial charge in [0.15, 0.2) is 5.11 Å². The van der Waals surface area contributed by atoms with Gasteiger partial charge in [0.05, 0.1) is 12.2 Å². The van der Waals surface area contributed by atoms with E-state index in [0.29, 0.717) is 29.4 Å². The normalized spacial score (nSPS) is 15.7. The first-order chi connectivity index (χ1) is 12.4. The van der Waals surface area contributed by atoms with Crippen LogP contribution in [0.4, 0.5) is 5.00 Å². The van der Waals surface area contributed by atoms with Crippen LogP contribution in [0.3, 0.4) is 0 Å². The van der Waals surface area contributed by atoms with Crippen LogP contribution >= 0.6 is 23.6 Å². The predicted octanol–water partition coefficient (Wildman–Crippen LogP) is 5.40. The van der Waals surface area contributed by atoms with Gasteiger partial charge in [0, 0.05) is 17.0 Å². The summed E-state index contributed by atoms with van der Waals surface area (Å²) in [5.74, 6) is -0.226. The number of anilines is 1. The van der Waals surface area contributed by atoms with E-state index in [9.17, 15) is 4.79 Å². The molecule has 0 aromatic carbocycles. The van der Waals surface area contributed by atoms with E-state index in [0.717, 1.165) is 37.1 Å². The van der Waals surface area contributed by atoms with Crippen molar-refractivity contribution in [2.24, 2.45) is 0 Å². The predicted molar refractivity (Wildman–Crippen MR) is 114 cm³/mol. The zero-order valence-electron chi connectivity index (χ0n) is 16.7. The fourth-order valence-corrected chi connectivity index (χ4v) is 5.27. The number of rotatable bonds is 7. The van der Waals surface area contributed by atoms with Gasteiger partial charge >= 0.3 is 5.97 Å². The Labute approximate surface area is 167 Å². The van der Waals surface area contributed by atoms with Gasteiger partial charge in [0.25, 0.3) is 0 Å². The van der Waals surface area contributed by atoms with E-state index < -0.39 is 0 Å². The second-order valence-electron chi connectivity index (χ2n) is 6.99. The lowest BCUT2D eigenvalue weighted by Crippen LogP contribution is -2.46. The van der Waals surface area contributed by atoms with Crippen LogP contribution in [-0.4, -0.2) is 34.7 Å². The zero-order chi connectivity index (χ0) is 19.3. The van der Waals surface area contributed by atoms with Gasteiger partial charge in [-0.05, 0) is 77.1 Å². The number of carbonyl (C=O) groups excluding carboxylic acids is 1. The van der Waals surface area contributed by atoms with E-state index in [1.165, 1.54) is 16.9 Å². The number of nitrogens with zero attached hydrogens (tertiary/aromatic N) is 1. The second kappa shape index (κ2) is 9.70. The highest BCUT2D eigenvalue weighted by atomic mass is 32.1. The van der Waals surface area contributed by atoms with Crippen LogP contribution in [0.15, 0.2) is 0 Å². The molecule has 1 aromatic heterocycles. The topological polar surface area (TPSA) is 41.6 Å². The van der Waals surface area contributed by atoms with E-state index in [4.69, 9.17) is 17.0 Å². The van der Waals surface area contributed by atoms with Crippen molar-refractivity contribution in [3.63, 3.8) is 0 Å². The summed E-state index contributed by atoms with van der Waals surface area (Å²) in [6, 6.07) is 0.705. The fourth-order valence-electron chi connectivity index (χ4n) is 3.46. The number of hydrogen-bond acceptors (Lipinski definition) is 4. The summed E-state index contributed by atoms with van der Waals surface area (Å²) >= 11 is 7.44. The molecule has 0 saturated heterocycles. The number of carbonyl (C=O) groups is 1. The van der Waals surface area contributed by atoms with Crippen molar-refractivity contribution in [3.8, 4) is 0 Å². The summed E-state index contributed by atoms with van der Waals surface area (Å²) in [6.07, 6.45) is 6.36. The zero-order valence-corrected chi connectivity index (χ0v) is 18.3. The quantitative estimate of drug-likeness (QED) is 0.494. The number of hydrogen-bond donors (Lipinski definition) is 1. The molecule has 1 aliphatic rings. The molecule has 1 aliphatic carbocycles. The van der Waals surface area contributed by atoms with Gasteiger partial charge in [0.1, 0.15) is 5.00 Å². The van der Waals surface area contributed by atoms with Gasteiger partial charge in [-0.15, -0.1) is 11.3 Å². The van der Waals surface area contributed by atoms with E-state index >= 15 is 0 Å². The van der Waals surface area contributed by atoms with Crippen molar-refractivity contribution in [1.29, 1.82) is 0 Å². The van der Waals surface area contributed by atoms with E-state index in [2.05, 4.69) is 37.9 Å². The molecule has 26 heavy (non-hydrogen) atoms. The molecule has 0 fully saturated rings. The van der Waals surface area contributed by atoms with Crippen molar-refractivity contribution >= 4 is 39.6 Å². The number of thiocarbonyl (C=S) groups is 1. The lowest BCUT2D eigenvalue weighted by atomic mass is 9.95. The molecule has 2 atom stereocenters. The molecule has 0 saturated carbocycles. The second-order valence-corrected chi connectivity index (χ2v) is 8.48. The average molecular weight is 397 g/mol. The molecule has 0 spiro atoms.